The first-order valence-corrected chi connectivity index (χ1v) is 11.5. The number of aromatic nitrogens is 2. The summed E-state index contributed by atoms with van der Waals surface area (Å²) in [5, 5.41) is 16.5. The maximum absolute atomic E-state index is 13.3. The molecule has 1 saturated carbocycles. The molecule has 0 aliphatic heterocycles. The molecule has 1 heterocycles. The number of nitrogens with zero attached hydrogens (tertiary/aromatic N) is 4. The van der Waals surface area contributed by atoms with E-state index < -0.39 is 17.0 Å². The molecule has 10 heteroatoms. The van der Waals surface area contributed by atoms with E-state index in [1.54, 1.807) is 18.2 Å². The average Bonchev–Trinajstić information content (AvgIpc) is 2.88. The summed E-state index contributed by atoms with van der Waals surface area (Å²) in [6, 6.07) is 11.4. The van der Waals surface area contributed by atoms with Gasteiger partial charge in [0.2, 0.25) is 0 Å². The third-order valence-electron chi connectivity index (χ3n) is 6.09. The van der Waals surface area contributed by atoms with E-state index in [1.165, 1.54) is 37.1 Å². The lowest BCUT2D eigenvalue weighted by molar-refractivity contribution is -0.386. The molecule has 1 atom stereocenters. The minimum absolute atomic E-state index is 0.0718. The van der Waals surface area contributed by atoms with Crippen LogP contribution >= 0.6 is 0 Å². The van der Waals surface area contributed by atoms with Gasteiger partial charge in [0, 0.05) is 17.5 Å². The van der Waals surface area contributed by atoms with Crippen molar-refractivity contribution < 1.29 is 19.2 Å². The van der Waals surface area contributed by atoms with Crippen LogP contribution in [0.2, 0.25) is 0 Å². The van der Waals surface area contributed by atoms with Gasteiger partial charge in [-0.15, -0.1) is 0 Å². The quantitative estimate of drug-likeness (QED) is 0.216. The second-order valence-electron chi connectivity index (χ2n) is 8.45. The number of esters is 1. The lowest BCUT2D eigenvalue weighted by Crippen LogP contribution is -2.25. The van der Waals surface area contributed by atoms with Crippen molar-refractivity contribution in [1.82, 2.24) is 9.66 Å². The van der Waals surface area contributed by atoms with E-state index in [-0.39, 0.29) is 22.9 Å². The van der Waals surface area contributed by atoms with Gasteiger partial charge in [-0.3, -0.25) is 14.9 Å². The van der Waals surface area contributed by atoms with E-state index in [2.05, 4.69) is 9.84 Å². The van der Waals surface area contributed by atoms with E-state index in [0.29, 0.717) is 22.3 Å². The van der Waals surface area contributed by atoms with Crippen molar-refractivity contribution in [3.63, 3.8) is 0 Å². The molecule has 2 aromatic carbocycles. The summed E-state index contributed by atoms with van der Waals surface area (Å²) < 4.78 is 11.3. The maximum atomic E-state index is 13.3. The van der Waals surface area contributed by atoms with E-state index in [0.717, 1.165) is 32.1 Å². The van der Waals surface area contributed by atoms with Crippen LogP contribution in [0.15, 0.2) is 52.4 Å². The summed E-state index contributed by atoms with van der Waals surface area (Å²) in [7, 11) is 1.21. The summed E-state index contributed by atoms with van der Waals surface area (Å²) in [5.41, 5.74) is 0.404. The number of nitro groups is 1. The first-order chi connectivity index (χ1) is 16.9. The lowest BCUT2D eigenvalue weighted by atomic mass is 9.88. The Morgan fingerprint density at radius 1 is 1.23 bits per heavy atom. The Kier molecular flexibility index (Phi) is 7.19. The minimum Gasteiger partial charge on any atom is -0.472 e. The molecule has 0 unspecified atom stereocenters. The van der Waals surface area contributed by atoms with Crippen molar-refractivity contribution in [3.8, 4) is 5.75 Å². The average molecular weight is 479 g/mol. The zero-order valence-corrected chi connectivity index (χ0v) is 19.5. The molecule has 0 bridgehead atoms. The number of benzene rings is 2. The van der Waals surface area contributed by atoms with Crippen molar-refractivity contribution in [2.45, 2.75) is 51.0 Å². The van der Waals surface area contributed by atoms with Crippen LogP contribution in [0.3, 0.4) is 0 Å². The van der Waals surface area contributed by atoms with Crippen LogP contribution in [-0.4, -0.2) is 40.0 Å². The molecule has 10 nitrogen and oxygen atoms in total. The SMILES string of the molecule is COC(=O)[C@@H](C)Oc1ccc(C=Nn2c(C3CCCCC3)nc3ccccc3c2=O)cc1[N+](=O)[O-]. The first kappa shape index (κ1) is 24.1. The number of hydrogen-bond acceptors (Lipinski definition) is 8. The molecule has 1 aromatic heterocycles. The van der Waals surface area contributed by atoms with E-state index in [1.807, 2.05) is 12.1 Å². The number of rotatable bonds is 7. The van der Waals surface area contributed by atoms with Crippen molar-refractivity contribution in [2.24, 2.45) is 5.10 Å². The molecule has 1 fully saturated rings. The highest BCUT2D eigenvalue weighted by molar-refractivity contribution is 5.82. The number of nitro benzene ring substituents is 1. The molecule has 182 valence electrons. The highest BCUT2D eigenvalue weighted by Gasteiger charge is 2.24. The standard InChI is InChI=1S/C25H26N4O6/c1-16(25(31)34-2)35-22-13-12-17(14-21(22)29(32)33)15-26-28-23(18-8-4-3-5-9-18)27-20-11-7-6-10-19(20)24(28)30/h6-7,10-16,18H,3-5,8-9H2,1-2H3/t16-/m1/s1. The van der Waals surface area contributed by atoms with Crippen molar-refractivity contribution >= 4 is 28.8 Å². The summed E-state index contributed by atoms with van der Waals surface area (Å²) in [6.07, 6.45) is 5.52. The van der Waals surface area contributed by atoms with Gasteiger partial charge in [0.05, 0.1) is 29.2 Å². The predicted molar refractivity (Wildman–Crippen MR) is 130 cm³/mol. The molecule has 1 aliphatic carbocycles. The first-order valence-electron chi connectivity index (χ1n) is 11.5. The normalized spacial score (nSPS) is 15.3. The number of hydrogen-bond donors (Lipinski definition) is 0. The lowest BCUT2D eigenvalue weighted by Gasteiger charge is -2.22. The summed E-state index contributed by atoms with van der Waals surface area (Å²) >= 11 is 0. The number of carbonyl (C=O) groups is 1. The highest BCUT2D eigenvalue weighted by atomic mass is 16.6. The molecule has 0 radical (unpaired) electrons. The van der Waals surface area contributed by atoms with Crippen LogP contribution in [0.25, 0.3) is 10.9 Å². The van der Waals surface area contributed by atoms with E-state index in [9.17, 15) is 19.7 Å². The fourth-order valence-corrected chi connectivity index (χ4v) is 4.26. The van der Waals surface area contributed by atoms with Crippen molar-refractivity contribution in [1.29, 1.82) is 0 Å². The molecule has 3 aromatic rings. The second kappa shape index (κ2) is 10.5. The molecular formula is C25H26N4O6. The summed E-state index contributed by atoms with van der Waals surface area (Å²) in [4.78, 5) is 40.7. The minimum atomic E-state index is -1.02. The predicted octanol–water partition coefficient (Wildman–Crippen LogP) is 4.17. The van der Waals surface area contributed by atoms with Crippen LogP contribution in [0.5, 0.6) is 5.75 Å². The van der Waals surface area contributed by atoms with Gasteiger partial charge < -0.3 is 9.47 Å². The monoisotopic (exact) mass is 478 g/mol. The van der Waals surface area contributed by atoms with Gasteiger partial charge in [-0.05, 0) is 44.0 Å². The second-order valence-corrected chi connectivity index (χ2v) is 8.45. The molecule has 0 N–H and O–H groups in total. The summed E-state index contributed by atoms with van der Waals surface area (Å²) in [6.45, 7) is 1.44. The van der Waals surface area contributed by atoms with Crippen molar-refractivity contribution in [2.75, 3.05) is 7.11 Å². The molecule has 0 amide bonds. The summed E-state index contributed by atoms with van der Waals surface area (Å²) in [5.74, 6) is -0.00465. The fourth-order valence-electron chi connectivity index (χ4n) is 4.26. The number of carbonyl (C=O) groups excluding carboxylic acids is 1. The van der Waals surface area contributed by atoms with Gasteiger partial charge in [0.1, 0.15) is 5.82 Å². The van der Waals surface area contributed by atoms with Crippen LogP contribution in [0, 0.1) is 10.1 Å². The number of fused-ring (bicyclic) bond motifs is 1. The third-order valence-corrected chi connectivity index (χ3v) is 6.09. The molecule has 1 aliphatic rings. The third kappa shape index (κ3) is 5.21. The Morgan fingerprint density at radius 3 is 2.69 bits per heavy atom. The zero-order valence-electron chi connectivity index (χ0n) is 19.5. The van der Waals surface area contributed by atoms with Crippen molar-refractivity contribution in [3.05, 3.63) is 74.3 Å². The van der Waals surface area contributed by atoms with Gasteiger partial charge in [-0.1, -0.05) is 31.4 Å². The van der Waals surface area contributed by atoms with Gasteiger partial charge >= 0.3 is 11.7 Å². The number of para-hydroxylation sites is 1. The van der Waals surface area contributed by atoms with Gasteiger partial charge in [0.25, 0.3) is 5.56 Å². The smallest absolute Gasteiger partial charge is 0.346 e. The van der Waals surface area contributed by atoms with Crippen LogP contribution in [-0.2, 0) is 9.53 Å². The number of methoxy groups -OCH3 is 1. The molecule has 0 spiro atoms. The largest absolute Gasteiger partial charge is 0.472 e. The Balaban J connectivity index is 1.73. The highest BCUT2D eigenvalue weighted by Crippen LogP contribution is 2.32. The Hall–Kier alpha value is -4.08. The van der Waals surface area contributed by atoms with Gasteiger partial charge in [-0.2, -0.15) is 9.78 Å². The Labute approximate surface area is 201 Å². The van der Waals surface area contributed by atoms with Crippen LogP contribution < -0.4 is 10.3 Å². The molecule has 0 saturated heterocycles. The van der Waals surface area contributed by atoms with Gasteiger partial charge in [0.15, 0.2) is 11.9 Å². The Morgan fingerprint density at radius 2 is 1.97 bits per heavy atom. The van der Waals surface area contributed by atoms with E-state index in [4.69, 9.17) is 9.72 Å². The topological polar surface area (TPSA) is 126 Å². The molecule has 35 heavy (non-hydrogen) atoms. The van der Waals surface area contributed by atoms with Crippen LogP contribution in [0.4, 0.5) is 5.69 Å². The molecular weight excluding hydrogens is 452 g/mol. The Bertz CT molecular complexity index is 1340. The fraction of sp³-hybridized carbons (Fsp3) is 0.360. The molecule has 4 rings (SSSR count). The number of ether oxygens (including phenoxy) is 2. The van der Waals surface area contributed by atoms with E-state index >= 15 is 0 Å². The van der Waals surface area contributed by atoms with Crippen LogP contribution in [0.1, 0.15) is 56.3 Å². The maximum Gasteiger partial charge on any atom is 0.346 e. The zero-order chi connectivity index (χ0) is 24.9. The van der Waals surface area contributed by atoms with Gasteiger partial charge in [-0.25, -0.2) is 9.78 Å².